The number of halogens is 2. The molecule has 1 aliphatic heterocycles. The smallest absolute Gasteiger partial charge is 0.338 e. The summed E-state index contributed by atoms with van der Waals surface area (Å²) in [6.45, 7) is -0.233. The first-order valence-corrected chi connectivity index (χ1v) is 8.89. The normalized spacial score (nSPS) is 24.8. The average Bonchev–Trinajstić information content (AvgIpc) is 2.95. The molecule has 0 bridgehead atoms. The standard InChI is InChI=1S/C19H16BrFO5/c20-17-15(21)16(26-19(23)13-9-5-2-6-10-13)14(25-17)11-24-18(22)12-7-3-1-4-8-12/h1-10,14-17H,11H2/t14-,15-,16?,17-/m1/s1. The molecular weight excluding hydrogens is 407 g/mol. The van der Waals surface area contributed by atoms with Crippen LogP contribution in [0.15, 0.2) is 60.7 Å². The summed E-state index contributed by atoms with van der Waals surface area (Å²) in [6.07, 6.45) is -3.67. The molecule has 1 heterocycles. The first-order chi connectivity index (χ1) is 12.6. The van der Waals surface area contributed by atoms with Gasteiger partial charge in [-0.25, -0.2) is 14.0 Å². The molecule has 26 heavy (non-hydrogen) atoms. The van der Waals surface area contributed by atoms with Crippen LogP contribution in [0, 0.1) is 0 Å². The van der Waals surface area contributed by atoms with Gasteiger partial charge in [-0.2, -0.15) is 0 Å². The maximum Gasteiger partial charge on any atom is 0.338 e. The monoisotopic (exact) mass is 422 g/mol. The molecule has 0 aromatic heterocycles. The van der Waals surface area contributed by atoms with Crippen LogP contribution in [0.3, 0.4) is 0 Å². The average molecular weight is 423 g/mol. The molecule has 136 valence electrons. The van der Waals surface area contributed by atoms with Crippen molar-refractivity contribution in [2.45, 2.75) is 23.4 Å². The number of carbonyl (C=O) groups is 2. The van der Waals surface area contributed by atoms with Crippen molar-refractivity contribution in [1.29, 1.82) is 0 Å². The molecule has 2 aromatic rings. The van der Waals surface area contributed by atoms with Gasteiger partial charge in [-0.05, 0) is 24.3 Å². The van der Waals surface area contributed by atoms with E-state index in [4.69, 9.17) is 14.2 Å². The zero-order valence-corrected chi connectivity index (χ0v) is 15.2. The lowest BCUT2D eigenvalue weighted by atomic mass is 10.1. The first-order valence-electron chi connectivity index (χ1n) is 7.98. The van der Waals surface area contributed by atoms with E-state index in [1.807, 2.05) is 0 Å². The Hall–Kier alpha value is -2.25. The van der Waals surface area contributed by atoms with Crippen molar-refractivity contribution in [3.63, 3.8) is 0 Å². The van der Waals surface area contributed by atoms with Crippen molar-refractivity contribution in [1.82, 2.24) is 0 Å². The van der Waals surface area contributed by atoms with Gasteiger partial charge in [-0.3, -0.25) is 0 Å². The van der Waals surface area contributed by atoms with Crippen LogP contribution < -0.4 is 0 Å². The number of benzene rings is 2. The Balaban J connectivity index is 1.63. The van der Waals surface area contributed by atoms with E-state index >= 15 is 0 Å². The minimum Gasteiger partial charge on any atom is -0.459 e. The second-order valence-electron chi connectivity index (χ2n) is 5.67. The van der Waals surface area contributed by atoms with Crippen molar-refractivity contribution in [2.24, 2.45) is 0 Å². The largest absolute Gasteiger partial charge is 0.459 e. The Morgan fingerprint density at radius 3 is 2.08 bits per heavy atom. The van der Waals surface area contributed by atoms with Crippen LogP contribution >= 0.6 is 15.9 Å². The number of carbonyl (C=O) groups excluding carboxylic acids is 2. The van der Waals surface area contributed by atoms with E-state index in [1.54, 1.807) is 60.7 Å². The Morgan fingerprint density at radius 2 is 1.50 bits per heavy atom. The molecule has 0 radical (unpaired) electrons. The maximum absolute atomic E-state index is 14.4. The molecule has 1 unspecified atom stereocenters. The third-order valence-corrected chi connectivity index (χ3v) is 4.60. The summed E-state index contributed by atoms with van der Waals surface area (Å²) in [5.74, 6) is -1.22. The number of ether oxygens (including phenoxy) is 3. The molecule has 1 fully saturated rings. The number of rotatable bonds is 5. The predicted molar refractivity (Wildman–Crippen MR) is 94.9 cm³/mol. The predicted octanol–water partition coefficient (Wildman–Crippen LogP) is 3.53. The summed E-state index contributed by atoms with van der Waals surface area (Å²) >= 11 is 3.05. The number of hydrogen-bond donors (Lipinski definition) is 0. The Kier molecular flexibility index (Phi) is 6.00. The van der Waals surface area contributed by atoms with E-state index in [0.717, 1.165) is 0 Å². The number of esters is 2. The van der Waals surface area contributed by atoms with Crippen molar-refractivity contribution < 1.29 is 28.2 Å². The molecular formula is C19H16BrFO5. The summed E-state index contributed by atoms with van der Waals surface area (Å²) in [5.41, 5.74) is 0.674. The van der Waals surface area contributed by atoms with E-state index in [9.17, 15) is 14.0 Å². The molecule has 1 saturated heterocycles. The van der Waals surface area contributed by atoms with Crippen LogP contribution in [0.4, 0.5) is 4.39 Å². The van der Waals surface area contributed by atoms with E-state index in [1.165, 1.54) is 0 Å². The van der Waals surface area contributed by atoms with Gasteiger partial charge in [0.2, 0.25) is 0 Å². The van der Waals surface area contributed by atoms with E-state index in [-0.39, 0.29) is 6.61 Å². The third kappa shape index (κ3) is 4.28. The van der Waals surface area contributed by atoms with Crippen molar-refractivity contribution in [2.75, 3.05) is 6.61 Å². The summed E-state index contributed by atoms with van der Waals surface area (Å²) in [5, 5.41) is -0.948. The van der Waals surface area contributed by atoms with Crippen molar-refractivity contribution in [3.05, 3.63) is 71.8 Å². The zero-order valence-electron chi connectivity index (χ0n) is 13.6. The lowest BCUT2D eigenvalue weighted by Gasteiger charge is -2.19. The van der Waals surface area contributed by atoms with E-state index < -0.39 is 35.3 Å². The van der Waals surface area contributed by atoms with Crippen LogP contribution in [0.2, 0.25) is 0 Å². The van der Waals surface area contributed by atoms with Crippen molar-refractivity contribution >= 4 is 27.9 Å². The third-order valence-electron chi connectivity index (χ3n) is 3.88. The Morgan fingerprint density at radius 1 is 0.962 bits per heavy atom. The minimum absolute atomic E-state index is 0.233. The first kappa shape index (κ1) is 18.5. The molecule has 3 rings (SSSR count). The molecule has 0 saturated carbocycles. The Labute approximate surface area is 158 Å². The number of hydrogen-bond acceptors (Lipinski definition) is 5. The van der Waals surface area contributed by atoms with Crippen LogP contribution in [-0.2, 0) is 14.2 Å². The van der Waals surface area contributed by atoms with Crippen LogP contribution in [0.25, 0.3) is 0 Å². The van der Waals surface area contributed by atoms with Crippen LogP contribution in [0.5, 0.6) is 0 Å². The fraction of sp³-hybridized carbons (Fsp3) is 0.263. The highest BCUT2D eigenvalue weighted by Gasteiger charge is 2.47. The van der Waals surface area contributed by atoms with E-state index in [2.05, 4.69) is 15.9 Å². The second-order valence-corrected chi connectivity index (χ2v) is 6.57. The topological polar surface area (TPSA) is 61.8 Å². The Bertz CT molecular complexity index is 755. The van der Waals surface area contributed by atoms with Gasteiger partial charge < -0.3 is 14.2 Å². The van der Waals surface area contributed by atoms with Gasteiger partial charge >= 0.3 is 11.9 Å². The molecule has 4 atom stereocenters. The summed E-state index contributed by atoms with van der Waals surface area (Å²) < 4.78 is 30.2. The lowest BCUT2D eigenvalue weighted by molar-refractivity contribution is -0.0342. The van der Waals surface area contributed by atoms with Gasteiger partial charge in [-0.1, -0.05) is 52.3 Å². The second kappa shape index (κ2) is 8.42. The van der Waals surface area contributed by atoms with Crippen LogP contribution in [-0.4, -0.2) is 41.9 Å². The highest BCUT2D eigenvalue weighted by molar-refractivity contribution is 9.09. The van der Waals surface area contributed by atoms with Crippen LogP contribution in [0.1, 0.15) is 20.7 Å². The summed E-state index contributed by atoms with van der Waals surface area (Å²) in [4.78, 5) is 24.2. The molecule has 0 spiro atoms. The fourth-order valence-electron chi connectivity index (χ4n) is 2.53. The summed E-state index contributed by atoms with van der Waals surface area (Å²) in [6, 6.07) is 16.7. The SMILES string of the molecule is O=C(OC[C@H]1O[C@@H](Br)[C@H](F)C1OC(=O)c1ccccc1)c1ccccc1. The van der Waals surface area contributed by atoms with Gasteiger partial charge in [0.1, 0.15) is 17.7 Å². The highest BCUT2D eigenvalue weighted by Crippen LogP contribution is 2.31. The van der Waals surface area contributed by atoms with Gasteiger partial charge in [0.05, 0.1) is 11.1 Å². The van der Waals surface area contributed by atoms with Gasteiger partial charge in [0.25, 0.3) is 0 Å². The van der Waals surface area contributed by atoms with Gasteiger partial charge in [0, 0.05) is 0 Å². The molecule has 0 N–H and O–H groups in total. The van der Waals surface area contributed by atoms with E-state index in [0.29, 0.717) is 11.1 Å². The molecule has 7 heteroatoms. The maximum atomic E-state index is 14.4. The number of alkyl halides is 2. The zero-order chi connectivity index (χ0) is 18.5. The molecule has 5 nitrogen and oxygen atoms in total. The minimum atomic E-state index is -1.58. The molecule has 0 aliphatic carbocycles. The van der Waals surface area contributed by atoms with Crippen molar-refractivity contribution in [3.8, 4) is 0 Å². The highest BCUT2D eigenvalue weighted by atomic mass is 79.9. The van der Waals surface area contributed by atoms with Gasteiger partial charge in [-0.15, -0.1) is 0 Å². The summed E-state index contributed by atoms with van der Waals surface area (Å²) in [7, 11) is 0. The molecule has 2 aromatic carbocycles. The lowest BCUT2D eigenvalue weighted by Crippen LogP contribution is -2.37. The molecule has 0 amide bonds. The quantitative estimate of drug-likeness (QED) is 0.544. The molecule has 1 aliphatic rings. The van der Waals surface area contributed by atoms with Gasteiger partial charge in [0.15, 0.2) is 12.3 Å². The fourth-order valence-corrected chi connectivity index (χ4v) is 3.11.